The summed E-state index contributed by atoms with van der Waals surface area (Å²) in [6, 6.07) is 15.7. The molecule has 0 bridgehead atoms. The van der Waals surface area contributed by atoms with Crippen molar-refractivity contribution in [1.29, 1.82) is 0 Å². The molecule has 0 aliphatic carbocycles. The molecule has 0 radical (unpaired) electrons. The van der Waals surface area contributed by atoms with Gasteiger partial charge in [-0.05, 0) is 36.8 Å². The summed E-state index contributed by atoms with van der Waals surface area (Å²) in [6.45, 7) is 1.35. The first-order valence-corrected chi connectivity index (χ1v) is 8.17. The smallest absolute Gasteiger partial charge is 0.231 e. The third-order valence-corrected chi connectivity index (χ3v) is 3.46. The fourth-order valence-corrected chi connectivity index (χ4v) is 2.33. The van der Waals surface area contributed by atoms with Crippen molar-refractivity contribution in [2.75, 3.05) is 10.6 Å². The van der Waals surface area contributed by atoms with Gasteiger partial charge in [-0.25, -0.2) is 0 Å². The Hall–Kier alpha value is -3.28. The number of carbonyl (C=O) groups is 4. The van der Waals surface area contributed by atoms with Gasteiger partial charge in [-0.1, -0.05) is 30.3 Å². The van der Waals surface area contributed by atoms with Crippen LogP contribution in [0.4, 0.5) is 11.4 Å². The van der Waals surface area contributed by atoms with Crippen LogP contribution in [-0.4, -0.2) is 23.4 Å². The van der Waals surface area contributed by atoms with Crippen LogP contribution >= 0.6 is 0 Å². The van der Waals surface area contributed by atoms with Gasteiger partial charge in [-0.2, -0.15) is 0 Å². The van der Waals surface area contributed by atoms with Gasteiger partial charge in [0, 0.05) is 17.8 Å². The number of amides is 2. The Morgan fingerprint density at radius 3 is 1.85 bits per heavy atom. The van der Waals surface area contributed by atoms with Crippen LogP contribution in [0.5, 0.6) is 0 Å². The highest BCUT2D eigenvalue weighted by atomic mass is 16.2. The van der Waals surface area contributed by atoms with Crippen LogP contribution in [0.3, 0.4) is 0 Å². The highest BCUT2D eigenvalue weighted by Gasteiger charge is 2.11. The minimum atomic E-state index is -0.376. The molecule has 2 amide bonds. The molecular formula is C20H20N2O4. The fraction of sp³-hybridized carbons (Fsp3) is 0.200. The monoisotopic (exact) mass is 352 g/mol. The summed E-state index contributed by atoms with van der Waals surface area (Å²) in [7, 11) is 0. The molecule has 2 N–H and O–H groups in total. The normalized spacial score (nSPS) is 10.0. The largest absolute Gasteiger partial charge is 0.326 e. The molecule has 0 saturated heterocycles. The quantitative estimate of drug-likeness (QED) is 0.715. The second kappa shape index (κ2) is 9.27. The van der Waals surface area contributed by atoms with E-state index in [0.29, 0.717) is 11.4 Å². The van der Waals surface area contributed by atoms with Crippen LogP contribution in [0.25, 0.3) is 0 Å². The second-order valence-electron chi connectivity index (χ2n) is 5.93. The van der Waals surface area contributed by atoms with Crippen LogP contribution in [0.1, 0.15) is 25.3 Å². The number of ketones is 2. The van der Waals surface area contributed by atoms with Gasteiger partial charge < -0.3 is 10.6 Å². The summed E-state index contributed by atoms with van der Waals surface area (Å²) in [5.41, 5.74) is 1.94. The molecule has 0 unspecified atom stereocenters. The Labute approximate surface area is 151 Å². The molecule has 0 spiro atoms. The zero-order valence-corrected chi connectivity index (χ0v) is 14.5. The maximum Gasteiger partial charge on any atom is 0.231 e. The molecule has 0 heterocycles. The molecule has 26 heavy (non-hydrogen) atoms. The number of nitrogens with one attached hydrogen (secondary N) is 2. The van der Waals surface area contributed by atoms with Gasteiger partial charge in [0.05, 0.1) is 12.8 Å². The van der Waals surface area contributed by atoms with Gasteiger partial charge >= 0.3 is 0 Å². The van der Waals surface area contributed by atoms with Crippen molar-refractivity contribution >= 4 is 34.8 Å². The Kier molecular flexibility index (Phi) is 6.79. The average molecular weight is 352 g/mol. The van der Waals surface area contributed by atoms with Crippen molar-refractivity contribution in [3.05, 3.63) is 60.2 Å². The van der Waals surface area contributed by atoms with E-state index >= 15 is 0 Å². The maximum atomic E-state index is 12.0. The first-order chi connectivity index (χ1) is 12.4. The molecule has 0 aliphatic rings. The van der Waals surface area contributed by atoms with Crippen molar-refractivity contribution in [2.45, 2.75) is 26.2 Å². The third-order valence-electron chi connectivity index (χ3n) is 3.46. The number of hydrogen-bond donors (Lipinski definition) is 2. The van der Waals surface area contributed by atoms with Gasteiger partial charge in [0.2, 0.25) is 11.8 Å². The predicted molar refractivity (Wildman–Crippen MR) is 98.8 cm³/mol. The number of carbonyl (C=O) groups excluding carboxylic acids is 4. The van der Waals surface area contributed by atoms with E-state index in [0.717, 1.165) is 5.56 Å². The Balaban J connectivity index is 1.82. The molecule has 0 aromatic heterocycles. The highest BCUT2D eigenvalue weighted by Crippen LogP contribution is 2.12. The van der Waals surface area contributed by atoms with Gasteiger partial charge in [0.25, 0.3) is 0 Å². The number of anilines is 2. The second-order valence-corrected chi connectivity index (χ2v) is 5.93. The molecule has 0 aliphatic heterocycles. The predicted octanol–water partition coefficient (Wildman–Crippen LogP) is 2.74. The summed E-state index contributed by atoms with van der Waals surface area (Å²) in [6.07, 6.45) is -0.243. The molecule has 2 rings (SSSR count). The van der Waals surface area contributed by atoms with Gasteiger partial charge in [-0.15, -0.1) is 0 Å². The van der Waals surface area contributed by atoms with Crippen LogP contribution in [0.2, 0.25) is 0 Å². The molecule has 0 fully saturated rings. The maximum absolute atomic E-state index is 12.0. The zero-order valence-electron chi connectivity index (χ0n) is 14.5. The summed E-state index contributed by atoms with van der Waals surface area (Å²) >= 11 is 0. The van der Waals surface area contributed by atoms with Crippen LogP contribution in [-0.2, 0) is 25.6 Å². The molecular weight excluding hydrogens is 332 g/mol. The first kappa shape index (κ1) is 19.1. The van der Waals surface area contributed by atoms with E-state index < -0.39 is 0 Å². The molecule has 2 aromatic carbocycles. The van der Waals surface area contributed by atoms with Crippen molar-refractivity contribution < 1.29 is 19.2 Å². The molecule has 2 aromatic rings. The van der Waals surface area contributed by atoms with Crippen molar-refractivity contribution in [3.8, 4) is 0 Å². The van der Waals surface area contributed by atoms with Crippen molar-refractivity contribution in [1.82, 2.24) is 0 Å². The molecule has 6 heteroatoms. The van der Waals surface area contributed by atoms with Crippen molar-refractivity contribution in [3.63, 3.8) is 0 Å². The standard InChI is InChI=1S/C20H20N2O4/c1-14(23)11-19(25)22-17-9-7-15(8-10-17)12-18(24)13-20(26)21-16-5-3-2-4-6-16/h2-10H,11-13H2,1H3,(H,21,26)(H,22,25). The topological polar surface area (TPSA) is 92.3 Å². The first-order valence-electron chi connectivity index (χ1n) is 8.17. The van der Waals surface area contributed by atoms with E-state index in [1.807, 2.05) is 6.07 Å². The lowest BCUT2D eigenvalue weighted by atomic mass is 10.1. The summed E-state index contributed by atoms with van der Waals surface area (Å²) < 4.78 is 0. The third kappa shape index (κ3) is 6.68. The Bertz CT molecular complexity index is 798. The van der Waals surface area contributed by atoms with Crippen LogP contribution in [0, 0.1) is 0 Å². The van der Waals surface area contributed by atoms with E-state index in [4.69, 9.17) is 0 Å². The van der Waals surface area contributed by atoms with E-state index in [2.05, 4.69) is 10.6 Å². The van der Waals surface area contributed by atoms with E-state index in [1.54, 1.807) is 48.5 Å². The lowest BCUT2D eigenvalue weighted by molar-refractivity contribution is -0.126. The van der Waals surface area contributed by atoms with Gasteiger partial charge in [0.1, 0.15) is 11.6 Å². The van der Waals surface area contributed by atoms with Crippen LogP contribution in [0.15, 0.2) is 54.6 Å². The van der Waals surface area contributed by atoms with E-state index in [1.165, 1.54) is 6.92 Å². The van der Waals surface area contributed by atoms with E-state index in [-0.39, 0.29) is 42.6 Å². The van der Waals surface area contributed by atoms with Gasteiger partial charge in [0.15, 0.2) is 0 Å². The van der Waals surface area contributed by atoms with E-state index in [9.17, 15) is 19.2 Å². The molecule has 134 valence electrons. The Morgan fingerprint density at radius 1 is 0.731 bits per heavy atom. The molecule has 6 nitrogen and oxygen atoms in total. The summed E-state index contributed by atoms with van der Waals surface area (Å²) in [5, 5.41) is 5.27. The number of para-hydroxylation sites is 1. The minimum Gasteiger partial charge on any atom is -0.326 e. The zero-order chi connectivity index (χ0) is 18.9. The number of hydrogen-bond acceptors (Lipinski definition) is 4. The fourth-order valence-electron chi connectivity index (χ4n) is 2.33. The summed E-state index contributed by atoms with van der Waals surface area (Å²) in [5.74, 6) is -1.14. The number of rotatable bonds is 8. The molecule has 0 saturated carbocycles. The SMILES string of the molecule is CC(=O)CC(=O)Nc1ccc(CC(=O)CC(=O)Nc2ccccc2)cc1. The highest BCUT2D eigenvalue weighted by molar-refractivity contribution is 6.05. The van der Waals surface area contributed by atoms with Crippen LogP contribution < -0.4 is 10.6 Å². The average Bonchev–Trinajstić information content (AvgIpc) is 2.56. The lowest BCUT2D eigenvalue weighted by Gasteiger charge is -2.06. The lowest BCUT2D eigenvalue weighted by Crippen LogP contribution is -2.17. The minimum absolute atomic E-state index is 0.129. The molecule has 0 atom stereocenters. The Morgan fingerprint density at radius 2 is 1.27 bits per heavy atom. The van der Waals surface area contributed by atoms with Crippen molar-refractivity contribution in [2.24, 2.45) is 0 Å². The van der Waals surface area contributed by atoms with Gasteiger partial charge in [-0.3, -0.25) is 19.2 Å². The summed E-state index contributed by atoms with van der Waals surface area (Å²) in [4.78, 5) is 46.3. The number of Topliss-reactive ketones (excluding diaryl/α,β-unsaturated/α-hetero) is 2. The number of benzene rings is 2.